The molecule has 1 aliphatic heterocycles. The van der Waals surface area contributed by atoms with Crippen molar-refractivity contribution in [2.45, 2.75) is 78.2 Å². The molecule has 1 fully saturated rings. The molecule has 0 bridgehead atoms. The molecule has 0 saturated carbocycles. The summed E-state index contributed by atoms with van der Waals surface area (Å²) in [5.41, 5.74) is 0.332. The number of alkyl carbamates (subject to hydrolysis) is 2. The average Bonchev–Trinajstić information content (AvgIpc) is 2.75. The Hall–Kier alpha value is -2.77. The molecule has 1 aliphatic rings. The van der Waals surface area contributed by atoms with Crippen molar-refractivity contribution in [3.05, 3.63) is 35.9 Å². The fourth-order valence-electron chi connectivity index (χ4n) is 3.49. The summed E-state index contributed by atoms with van der Waals surface area (Å²) in [6, 6.07) is 8.71. The molecule has 32 heavy (non-hydrogen) atoms. The first-order valence-electron chi connectivity index (χ1n) is 11.3. The second-order valence-corrected chi connectivity index (χ2v) is 9.32. The highest BCUT2D eigenvalue weighted by atomic mass is 16.6. The molecule has 0 aromatic heterocycles. The van der Waals surface area contributed by atoms with Gasteiger partial charge in [0.15, 0.2) is 0 Å². The van der Waals surface area contributed by atoms with Crippen LogP contribution in [-0.4, -0.2) is 53.8 Å². The molecule has 0 aliphatic carbocycles. The van der Waals surface area contributed by atoms with Crippen molar-refractivity contribution < 1.29 is 23.9 Å². The molecule has 3 amide bonds. The fraction of sp³-hybridized carbons (Fsp3) is 0.625. The van der Waals surface area contributed by atoms with Crippen molar-refractivity contribution in [1.29, 1.82) is 0 Å². The minimum absolute atomic E-state index is 0.0376. The molecule has 2 atom stereocenters. The van der Waals surface area contributed by atoms with Gasteiger partial charge in [0.2, 0.25) is 5.91 Å². The van der Waals surface area contributed by atoms with E-state index in [0.29, 0.717) is 25.9 Å². The molecule has 0 radical (unpaired) electrons. The quantitative estimate of drug-likeness (QED) is 0.662. The molecule has 8 nitrogen and oxygen atoms in total. The lowest BCUT2D eigenvalue weighted by atomic mass is 9.96. The number of benzene rings is 1. The van der Waals surface area contributed by atoms with Crippen LogP contribution in [0.1, 0.15) is 59.4 Å². The van der Waals surface area contributed by atoms with Crippen LogP contribution in [0.25, 0.3) is 0 Å². The highest BCUT2D eigenvalue weighted by molar-refractivity contribution is 5.86. The topological polar surface area (TPSA) is 97.0 Å². The van der Waals surface area contributed by atoms with Gasteiger partial charge in [0, 0.05) is 19.1 Å². The molecule has 1 saturated heterocycles. The summed E-state index contributed by atoms with van der Waals surface area (Å²) < 4.78 is 10.6. The first-order valence-corrected chi connectivity index (χ1v) is 11.3. The van der Waals surface area contributed by atoms with Crippen molar-refractivity contribution >= 4 is 18.1 Å². The second kappa shape index (κ2) is 11.7. The van der Waals surface area contributed by atoms with E-state index in [9.17, 15) is 14.4 Å². The number of carbonyl (C=O) groups is 3. The van der Waals surface area contributed by atoms with Gasteiger partial charge >= 0.3 is 12.2 Å². The molecule has 1 heterocycles. The Bertz CT molecular complexity index is 755. The predicted molar refractivity (Wildman–Crippen MR) is 122 cm³/mol. The maximum Gasteiger partial charge on any atom is 0.408 e. The van der Waals surface area contributed by atoms with Crippen LogP contribution in [0.3, 0.4) is 0 Å². The lowest BCUT2D eigenvalue weighted by Crippen LogP contribution is -2.55. The normalized spacial score (nSPS) is 16.6. The maximum atomic E-state index is 13.2. The summed E-state index contributed by atoms with van der Waals surface area (Å²) in [7, 11) is 0. The fourth-order valence-corrected chi connectivity index (χ4v) is 3.49. The molecule has 178 valence electrons. The van der Waals surface area contributed by atoms with Crippen LogP contribution >= 0.6 is 0 Å². The number of amides is 3. The Balaban J connectivity index is 1.87. The number of ether oxygens (including phenoxy) is 2. The SMILES string of the molecule is CC[C@H](C)[C@H](NC(=O)OCc1ccccc1)C(=O)N1CCC(NC(=O)OC(C)(C)C)CC1. The van der Waals surface area contributed by atoms with Gasteiger partial charge in [-0.05, 0) is 45.1 Å². The lowest BCUT2D eigenvalue weighted by molar-refractivity contribution is -0.135. The van der Waals surface area contributed by atoms with Crippen molar-refractivity contribution in [3.63, 3.8) is 0 Å². The van der Waals surface area contributed by atoms with E-state index in [1.54, 1.807) is 4.90 Å². The van der Waals surface area contributed by atoms with Gasteiger partial charge in [-0.15, -0.1) is 0 Å². The molecule has 0 spiro atoms. The number of piperidine rings is 1. The van der Waals surface area contributed by atoms with Gasteiger partial charge in [0.1, 0.15) is 18.2 Å². The Kier molecular flexibility index (Phi) is 9.35. The number of rotatable bonds is 7. The van der Waals surface area contributed by atoms with E-state index in [1.807, 2.05) is 65.0 Å². The number of carbonyl (C=O) groups excluding carboxylic acids is 3. The van der Waals surface area contributed by atoms with E-state index >= 15 is 0 Å². The van der Waals surface area contributed by atoms with Crippen molar-refractivity contribution in [2.75, 3.05) is 13.1 Å². The Labute approximate surface area is 191 Å². The summed E-state index contributed by atoms with van der Waals surface area (Å²) in [6.07, 6.45) is 0.968. The highest BCUT2D eigenvalue weighted by Gasteiger charge is 2.33. The summed E-state index contributed by atoms with van der Waals surface area (Å²) in [6.45, 7) is 10.5. The van der Waals surface area contributed by atoms with Crippen LogP contribution in [0.2, 0.25) is 0 Å². The van der Waals surface area contributed by atoms with Crippen LogP contribution < -0.4 is 10.6 Å². The molecule has 8 heteroatoms. The van der Waals surface area contributed by atoms with E-state index in [2.05, 4.69) is 10.6 Å². The third-order valence-corrected chi connectivity index (χ3v) is 5.49. The van der Waals surface area contributed by atoms with Crippen LogP contribution in [0, 0.1) is 5.92 Å². The molecular weight excluding hydrogens is 410 g/mol. The summed E-state index contributed by atoms with van der Waals surface area (Å²) in [5, 5.41) is 5.64. The standard InChI is InChI=1S/C24H37N3O5/c1-6-17(2)20(26-22(29)31-16-18-10-8-7-9-11-18)21(28)27-14-12-19(13-15-27)25-23(30)32-24(3,4)5/h7-11,17,19-20H,6,12-16H2,1-5H3,(H,25,30)(H,26,29)/t17-,20-/m0/s1. The molecular formula is C24H37N3O5. The Morgan fingerprint density at radius 2 is 1.72 bits per heavy atom. The monoisotopic (exact) mass is 447 g/mol. The molecule has 1 aromatic carbocycles. The summed E-state index contributed by atoms with van der Waals surface area (Å²) in [4.78, 5) is 39.3. The Morgan fingerprint density at radius 1 is 1.09 bits per heavy atom. The minimum Gasteiger partial charge on any atom is -0.445 e. The van der Waals surface area contributed by atoms with Gasteiger partial charge in [-0.2, -0.15) is 0 Å². The third-order valence-electron chi connectivity index (χ3n) is 5.49. The van der Waals surface area contributed by atoms with E-state index < -0.39 is 23.8 Å². The predicted octanol–water partition coefficient (Wildman–Crippen LogP) is 3.84. The highest BCUT2D eigenvalue weighted by Crippen LogP contribution is 2.17. The number of hydrogen-bond donors (Lipinski definition) is 2. The molecule has 2 N–H and O–H groups in total. The number of nitrogens with zero attached hydrogens (tertiary/aromatic N) is 1. The Morgan fingerprint density at radius 3 is 2.28 bits per heavy atom. The molecule has 2 rings (SSSR count). The number of likely N-dealkylation sites (tertiary alicyclic amines) is 1. The number of hydrogen-bond acceptors (Lipinski definition) is 5. The van der Waals surface area contributed by atoms with Crippen molar-refractivity contribution in [1.82, 2.24) is 15.5 Å². The largest absolute Gasteiger partial charge is 0.445 e. The van der Waals surface area contributed by atoms with Gasteiger partial charge in [-0.25, -0.2) is 9.59 Å². The van der Waals surface area contributed by atoms with Crippen LogP contribution in [-0.2, 0) is 20.9 Å². The molecule has 0 unspecified atom stereocenters. The smallest absolute Gasteiger partial charge is 0.408 e. The van der Waals surface area contributed by atoms with Crippen LogP contribution in [0.4, 0.5) is 9.59 Å². The van der Waals surface area contributed by atoms with Crippen LogP contribution in [0.5, 0.6) is 0 Å². The van der Waals surface area contributed by atoms with E-state index in [4.69, 9.17) is 9.47 Å². The summed E-state index contributed by atoms with van der Waals surface area (Å²) in [5.74, 6) is -0.156. The number of nitrogens with one attached hydrogen (secondary N) is 2. The van der Waals surface area contributed by atoms with Crippen LogP contribution in [0.15, 0.2) is 30.3 Å². The van der Waals surface area contributed by atoms with Gasteiger partial charge in [0.25, 0.3) is 0 Å². The van der Waals surface area contributed by atoms with E-state index in [-0.39, 0.29) is 24.5 Å². The zero-order valence-electron chi connectivity index (χ0n) is 19.8. The minimum atomic E-state index is -0.654. The molecule has 1 aromatic rings. The van der Waals surface area contributed by atoms with Crippen molar-refractivity contribution in [3.8, 4) is 0 Å². The first-order chi connectivity index (χ1) is 15.1. The van der Waals surface area contributed by atoms with Crippen molar-refractivity contribution in [2.24, 2.45) is 5.92 Å². The van der Waals surface area contributed by atoms with Gasteiger partial charge in [-0.1, -0.05) is 50.6 Å². The van der Waals surface area contributed by atoms with E-state index in [0.717, 1.165) is 12.0 Å². The maximum absolute atomic E-state index is 13.2. The first kappa shape index (κ1) is 25.5. The lowest BCUT2D eigenvalue weighted by Gasteiger charge is -2.36. The third kappa shape index (κ3) is 8.40. The van der Waals surface area contributed by atoms with Gasteiger partial charge in [-0.3, -0.25) is 4.79 Å². The average molecular weight is 448 g/mol. The zero-order valence-corrected chi connectivity index (χ0v) is 19.8. The van der Waals surface area contributed by atoms with Gasteiger partial charge < -0.3 is 25.0 Å². The van der Waals surface area contributed by atoms with Gasteiger partial charge in [0.05, 0.1) is 0 Å². The summed E-state index contributed by atoms with van der Waals surface area (Å²) >= 11 is 0. The zero-order chi connectivity index (χ0) is 23.7. The van der Waals surface area contributed by atoms with E-state index in [1.165, 1.54) is 0 Å². The second-order valence-electron chi connectivity index (χ2n) is 9.32.